The van der Waals surface area contributed by atoms with Crippen molar-refractivity contribution < 1.29 is 0 Å². The number of aromatic nitrogens is 4. The number of benzene rings is 17. The topological polar surface area (TPSA) is 30.6 Å². The predicted octanol–water partition coefficient (Wildman–Crippen LogP) is 24.4. The lowest BCUT2D eigenvalue weighted by molar-refractivity contribution is 1.10. The quantitative estimate of drug-likeness (QED) is 0.104. The highest BCUT2D eigenvalue weighted by Crippen LogP contribution is 2.51. The molecule has 0 atom stereocenters. The van der Waals surface area contributed by atoms with E-state index in [1.54, 1.807) is 0 Å². The first kappa shape index (κ1) is 51.8. The highest BCUT2D eigenvalue weighted by Gasteiger charge is 2.29. The number of hydrogen-bond donors (Lipinski definition) is 1. The van der Waals surface area contributed by atoms with Gasteiger partial charge in [0, 0.05) is 71.2 Å². The van der Waals surface area contributed by atoms with Crippen molar-refractivity contribution in [2.75, 3.05) is 0 Å². The minimum absolute atomic E-state index is 0.794. The van der Waals surface area contributed by atoms with Gasteiger partial charge in [-0.05, 0) is 177 Å². The fraction of sp³-hybridized carbons (Fsp3) is 0. The minimum atomic E-state index is 0.794. The van der Waals surface area contributed by atoms with Crippen LogP contribution in [0.15, 0.2) is 297 Å². The molecule has 93 heavy (non-hydrogen) atoms. The molecule has 4 aromatic heterocycles. The van der Waals surface area contributed by atoms with E-state index in [4.69, 9.17) is 11.6 Å². The fourth-order valence-electron chi connectivity index (χ4n) is 16.3. The van der Waals surface area contributed by atoms with Gasteiger partial charge in [0.05, 0.1) is 39.3 Å². The molecule has 4 nitrogen and oxygen atoms in total. The van der Waals surface area contributed by atoms with Crippen LogP contribution in [0.2, 0.25) is 5.02 Å². The molecule has 0 radical (unpaired) electrons. The molecule has 0 saturated carbocycles. The molecule has 0 amide bonds. The molecule has 1 aliphatic carbocycles. The molecule has 0 spiro atoms. The lowest BCUT2D eigenvalue weighted by Gasteiger charge is -2.17. The maximum atomic E-state index is 5.54. The van der Waals surface area contributed by atoms with Crippen LogP contribution in [0.5, 0.6) is 0 Å². The number of para-hydroxylation sites is 6. The van der Waals surface area contributed by atoms with Crippen LogP contribution in [0.1, 0.15) is 11.3 Å². The molecule has 5 heteroatoms. The van der Waals surface area contributed by atoms with Crippen LogP contribution in [0.3, 0.4) is 0 Å². The van der Waals surface area contributed by atoms with Crippen LogP contribution in [0, 0.1) is 6.08 Å². The van der Waals surface area contributed by atoms with E-state index in [0.29, 0.717) is 0 Å². The first-order chi connectivity index (χ1) is 46.1. The molecule has 17 aromatic carbocycles. The zero-order chi connectivity index (χ0) is 61.0. The Morgan fingerprint density at radius 2 is 0.624 bits per heavy atom. The number of rotatable bonds is 3. The van der Waals surface area contributed by atoms with Crippen molar-refractivity contribution in [3.05, 3.63) is 320 Å². The normalized spacial score (nSPS) is 12.4. The highest BCUT2D eigenvalue weighted by molar-refractivity contribution is 6.43. The van der Waals surface area contributed by atoms with Crippen LogP contribution in [0.25, 0.3) is 192 Å². The Hall–Kier alpha value is -12.0. The smallest absolute Gasteiger partial charge is 0.166 e. The minimum Gasteiger partial charge on any atom is -0.354 e. The zero-order valence-corrected chi connectivity index (χ0v) is 50.9. The van der Waals surface area contributed by atoms with Crippen LogP contribution >= 0.6 is 11.6 Å². The molecule has 22 rings (SSSR count). The van der Waals surface area contributed by atoms with Crippen molar-refractivity contribution >= 4 is 186 Å². The van der Waals surface area contributed by atoms with Gasteiger partial charge in [0.2, 0.25) is 0 Å². The van der Waals surface area contributed by atoms with E-state index in [-0.39, 0.29) is 0 Å². The summed E-state index contributed by atoms with van der Waals surface area (Å²) in [6.45, 7) is 0. The van der Waals surface area contributed by atoms with Crippen LogP contribution < -0.4 is 0 Å². The Morgan fingerprint density at radius 3 is 1.10 bits per heavy atom. The number of nitrogens with one attached hydrogen (secondary N) is 1. The first-order valence-corrected chi connectivity index (χ1v) is 32.2. The summed E-state index contributed by atoms with van der Waals surface area (Å²) in [7, 11) is 0. The van der Waals surface area contributed by atoms with Crippen LogP contribution in [0.4, 0.5) is 0 Å². The molecule has 1 N–H and O–H groups in total. The van der Waals surface area contributed by atoms with E-state index < -0.39 is 0 Å². The van der Waals surface area contributed by atoms with E-state index in [1.807, 2.05) is 36.4 Å². The second-order valence-electron chi connectivity index (χ2n) is 24.7. The predicted molar refractivity (Wildman–Crippen MR) is 398 cm³/mol. The number of nitrogens with zero attached hydrogens (tertiary/aromatic N) is 3. The van der Waals surface area contributed by atoms with E-state index in [2.05, 4.69) is 298 Å². The van der Waals surface area contributed by atoms with Gasteiger partial charge in [-0.2, -0.15) is 0 Å². The maximum absolute atomic E-state index is 5.54. The largest absolute Gasteiger partial charge is 0.354 e. The third-order valence-corrected chi connectivity index (χ3v) is 20.1. The van der Waals surface area contributed by atoms with Crippen LogP contribution in [-0.2, 0) is 0 Å². The Kier molecular flexibility index (Phi) is 11.1. The zero-order valence-electron chi connectivity index (χ0n) is 50.2. The summed E-state index contributed by atoms with van der Waals surface area (Å²) in [6.07, 6.45) is 9.73. The molecule has 0 bridgehead atoms. The average molecular weight is 1200 g/mol. The maximum Gasteiger partial charge on any atom is 0.166 e. The van der Waals surface area contributed by atoms with Gasteiger partial charge in [-0.15, -0.1) is 0 Å². The van der Waals surface area contributed by atoms with Crippen LogP contribution in [-0.4, -0.2) is 18.7 Å². The number of H-pyrrole nitrogens is 1. The van der Waals surface area contributed by atoms with Gasteiger partial charge in [-0.3, -0.25) is 4.57 Å². The molecule has 0 aliphatic heterocycles. The third kappa shape index (κ3) is 7.42. The van der Waals surface area contributed by atoms with Gasteiger partial charge in [0.15, 0.2) is 5.69 Å². The summed E-state index contributed by atoms with van der Waals surface area (Å²) in [5.41, 5.74) is 14.5. The monoisotopic (exact) mass is 1200 g/mol. The number of allylic oxidation sites excluding steroid dienone is 2. The molecule has 0 fully saturated rings. The van der Waals surface area contributed by atoms with Crippen molar-refractivity contribution in [3.63, 3.8) is 0 Å². The van der Waals surface area contributed by atoms with E-state index in [0.717, 1.165) is 10.7 Å². The molecule has 4 heterocycles. The van der Waals surface area contributed by atoms with Crippen molar-refractivity contribution in [1.29, 1.82) is 0 Å². The summed E-state index contributed by atoms with van der Waals surface area (Å²) >= 11 is 5.54. The van der Waals surface area contributed by atoms with Crippen molar-refractivity contribution in [1.82, 2.24) is 18.7 Å². The van der Waals surface area contributed by atoms with Crippen molar-refractivity contribution in [3.8, 4) is 17.1 Å². The Labute approximate surface area is 538 Å². The first-order valence-electron chi connectivity index (χ1n) is 31.8. The average Bonchev–Trinajstić information content (AvgIpc) is 1.67. The number of hydrogen-bond acceptors (Lipinski definition) is 0. The lowest BCUT2D eigenvalue weighted by atomic mass is 9.87. The fourth-order valence-corrected chi connectivity index (χ4v) is 16.5. The molecule has 1 aliphatic rings. The van der Waals surface area contributed by atoms with Gasteiger partial charge in [0.1, 0.15) is 17.7 Å². The second kappa shape index (κ2) is 20.0. The lowest BCUT2D eigenvalue weighted by Crippen LogP contribution is -1.97. The summed E-state index contributed by atoms with van der Waals surface area (Å²) < 4.78 is 7.30. The van der Waals surface area contributed by atoms with Crippen molar-refractivity contribution in [2.24, 2.45) is 0 Å². The van der Waals surface area contributed by atoms with E-state index in [1.165, 1.54) is 185 Å². The number of aromatic amines is 1. The van der Waals surface area contributed by atoms with Gasteiger partial charge in [-0.1, -0.05) is 212 Å². The van der Waals surface area contributed by atoms with Gasteiger partial charge >= 0.3 is 0 Å². The van der Waals surface area contributed by atoms with Crippen molar-refractivity contribution in [2.45, 2.75) is 0 Å². The molecule has 0 saturated heterocycles. The van der Waals surface area contributed by atoms with Gasteiger partial charge in [-0.25, -0.2) is 0 Å². The SMILES string of the molecule is Clc1ccccc1.[C+]1=Cc2c(c3c4cccc5c6cccc7c8c(cc(c(cc3n2-c2ccccc2)c54)c67)[nH]c2ccccc28)C=C1.c1ccc(-n2c3ccccc3c3c4cccc5c6cccc7c6c(cc6c7c7ccccc7n6-c6ccccc6)c(cc32)c54)cc1. The second-order valence-corrected chi connectivity index (χ2v) is 25.1. The summed E-state index contributed by atoms with van der Waals surface area (Å²) in [5.74, 6) is 0. The highest BCUT2D eigenvalue weighted by atomic mass is 35.5. The standard InChI is InChI=1S/C44H26N2.C38H21N2.C6H5Cl/c1-3-13-27(14-4-1)45-37-23-9-7-17-31(37)43-33-21-11-19-29-30-20-12-22-34-42(30)36(35(41(29)33)25-39(43)45)26-40-44(34)32-18-8-10-24-38(32)46(40)28-15-5-2-6-16-28;1-2-10-22(11-3-1)40-33-19-7-5-13-26(33)38-28-17-9-15-24-23-14-8-16-27-35(23)29(30(36(24)28)21-34(38)40)20-32-37(27)25-12-4-6-18-31(25)39-32;7-6-4-2-1-3-5-6/h1-26H;1-6,8-21,39H;1-5H/q;+1;. The van der Waals surface area contributed by atoms with E-state index in [9.17, 15) is 0 Å². The summed E-state index contributed by atoms with van der Waals surface area (Å²) in [6, 6.07) is 105. The van der Waals surface area contributed by atoms with Gasteiger partial charge in [0.25, 0.3) is 0 Å². The molecule has 430 valence electrons. The number of fused-ring (bicyclic) bond motifs is 20. The number of halogens is 1. The Bertz CT molecular complexity index is 6500. The molecule has 21 aromatic rings. The Morgan fingerprint density at radius 1 is 0.258 bits per heavy atom. The molecular formula is C88H52ClN4+. The molecule has 0 unspecified atom stereocenters. The summed E-state index contributed by atoms with van der Waals surface area (Å²) in [4.78, 5) is 3.73. The summed E-state index contributed by atoms with van der Waals surface area (Å²) in [5, 5.41) is 30.9. The van der Waals surface area contributed by atoms with E-state index >= 15 is 0 Å². The third-order valence-electron chi connectivity index (χ3n) is 19.9. The Balaban J connectivity index is 0.000000117. The van der Waals surface area contributed by atoms with Gasteiger partial charge < -0.3 is 14.1 Å². The molecular weight excluding hydrogens is 1150 g/mol.